The van der Waals surface area contributed by atoms with E-state index in [9.17, 15) is 10.1 Å². The number of aromatic nitrogens is 2. The summed E-state index contributed by atoms with van der Waals surface area (Å²) in [7, 11) is 0. The number of rotatable bonds is 6. The second kappa shape index (κ2) is 8.16. The Balaban J connectivity index is 1.92. The van der Waals surface area contributed by atoms with Gasteiger partial charge in [0.05, 0.1) is 4.92 Å². The van der Waals surface area contributed by atoms with Gasteiger partial charge >= 0.3 is 11.6 Å². The summed E-state index contributed by atoms with van der Waals surface area (Å²) in [6.45, 7) is 2.05. The van der Waals surface area contributed by atoms with E-state index in [0.717, 1.165) is 28.6 Å². The van der Waals surface area contributed by atoms with Gasteiger partial charge < -0.3 is 4.74 Å². The molecule has 8 heteroatoms. The van der Waals surface area contributed by atoms with E-state index >= 15 is 0 Å². The van der Waals surface area contributed by atoms with E-state index < -0.39 is 4.92 Å². The molecule has 0 atom stereocenters. The summed E-state index contributed by atoms with van der Waals surface area (Å²) in [5.41, 5.74) is 0.875. The summed E-state index contributed by atoms with van der Waals surface area (Å²) in [4.78, 5) is 19.8. The average Bonchev–Trinajstić information content (AvgIpc) is 2.64. The molecule has 0 bridgehead atoms. The van der Waals surface area contributed by atoms with Gasteiger partial charge in [-0.1, -0.05) is 42.4 Å². The van der Waals surface area contributed by atoms with Gasteiger partial charge in [0.2, 0.25) is 0 Å². The maximum absolute atomic E-state index is 11.6. The lowest BCUT2D eigenvalue weighted by Gasteiger charge is -2.08. The molecule has 0 spiro atoms. The van der Waals surface area contributed by atoms with Crippen molar-refractivity contribution in [3.8, 4) is 11.6 Å². The highest BCUT2D eigenvalue weighted by Gasteiger charge is 2.25. The van der Waals surface area contributed by atoms with Gasteiger partial charge in [-0.3, -0.25) is 10.1 Å². The third-order valence-corrected chi connectivity index (χ3v) is 4.76. The second-order valence-electron chi connectivity index (χ2n) is 5.25. The van der Waals surface area contributed by atoms with Crippen LogP contribution in [0.15, 0.2) is 64.8 Å². The molecule has 3 aromatic rings. The van der Waals surface area contributed by atoms with Gasteiger partial charge in [-0.05, 0) is 48.4 Å². The van der Waals surface area contributed by atoms with Crippen molar-refractivity contribution in [2.75, 3.05) is 0 Å². The minimum absolute atomic E-state index is 0.0919. The van der Waals surface area contributed by atoms with E-state index in [-0.39, 0.29) is 16.6 Å². The fraction of sp³-hybridized carbons (Fsp3) is 0.111. The van der Waals surface area contributed by atoms with Crippen molar-refractivity contribution in [3.63, 3.8) is 0 Å². The Hall–Kier alpha value is -2.64. The van der Waals surface area contributed by atoms with Crippen LogP contribution in [0.1, 0.15) is 12.5 Å². The maximum atomic E-state index is 11.6. The first-order valence-electron chi connectivity index (χ1n) is 7.76. The summed E-state index contributed by atoms with van der Waals surface area (Å²) in [5, 5.41) is 12.4. The molecule has 0 aliphatic heterocycles. The van der Waals surface area contributed by atoms with E-state index in [2.05, 4.69) is 9.97 Å². The SMILES string of the molecule is CCc1ccc(Oc2ncnc(Sc3ccc(Cl)cc3)c2[N+](=O)[O-])cc1. The zero-order valence-corrected chi connectivity index (χ0v) is 15.3. The molecule has 6 nitrogen and oxygen atoms in total. The van der Waals surface area contributed by atoms with Gasteiger partial charge in [-0.25, -0.2) is 4.98 Å². The second-order valence-corrected chi connectivity index (χ2v) is 6.74. The normalized spacial score (nSPS) is 10.5. The lowest BCUT2D eigenvalue weighted by Crippen LogP contribution is -2.00. The Labute approximate surface area is 159 Å². The summed E-state index contributed by atoms with van der Waals surface area (Å²) in [5.74, 6) is 0.386. The Bertz CT molecular complexity index is 918. The molecule has 1 aromatic heterocycles. The van der Waals surface area contributed by atoms with E-state index in [1.54, 1.807) is 36.4 Å². The third-order valence-electron chi connectivity index (χ3n) is 3.51. The number of nitro groups is 1. The Morgan fingerprint density at radius 1 is 1.12 bits per heavy atom. The summed E-state index contributed by atoms with van der Waals surface area (Å²) in [6, 6.07) is 14.3. The van der Waals surface area contributed by atoms with Crippen molar-refractivity contribution in [1.29, 1.82) is 0 Å². The van der Waals surface area contributed by atoms with Crippen molar-refractivity contribution in [1.82, 2.24) is 9.97 Å². The molecule has 2 aromatic carbocycles. The number of ether oxygens (including phenoxy) is 1. The predicted molar refractivity (Wildman–Crippen MR) is 100 cm³/mol. The van der Waals surface area contributed by atoms with Crippen LogP contribution in [0.5, 0.6) is 11.6 Å². The van der Waals surface area contributed by atoms with Crippen LogP contribution >= 0.6 is 23.4 Å². The lowest BCUT2D eigenvalue weighted by atomic mass is 10.2. The highest BCUT2D eigenvalue weighted by molar-refractivity contribution is 7.99. The highest BCUT2D eigenvalue weighted by Crippen LogP contribution is 2.39. The van der Waals surface area contributed by atoms with Crippen molar-refractivity contribution in [2.24, 2.45) is 0 Å². The van der Waals surface area contributed by atoms with Crippen LogP contribution in [0.25, 0.3) is 0 Å². The van der Waals surface area contributed by atoms with Crippen LogP contribution in [0.3, 0.4) is 0 Å². The van der Waals surface area contributed by atoms with Crippen LogP contribution in [-0.4, -0.2) is 14.9 Å². The lowest BCUT2D eigenvalue weighted by molar-refractivity contribution is -0.389. The zero-order chi connectivity index (χ0) is 18.5. The number of aryl methyl sites for hydroxylation is 1. The standard InChI is InChI=1S/C18H14ClN3O3S/c1-2-12-3-7-14(8-4-12)25-17-16(22(23)24)18(21-11-20-17)26-15-9-5-13(19)6-10-15/h3-11H,2H2,1H3. The minimum Gasteiger partial charge on any atom is -0.434 e. The molecule has 0 saturated carbocycles. The van der Waals surface area contributed by atoms with E-state index in [0.29, 0.717) is 10.8 Å². The number of hydrogen-bond donors (Lipinski definition) is 0. The Morgan fingerprint density at radius 2 is 1.81 bits per heavy atom. The number of halogens is 1. The van der Waals surface area contributed by atoms with E-state index in [4.69, 9.17) is 16.3 Å². The first-order chi connectivity index (χ1) is 12.6. The van der Waals surface area contributed by atoms with Crippen molar-refractivity contribution >= 4 is 29.1 Å². The molecule has 0 aliphatic carbocycles. The quantitative estimate of drug-likeness (QED) is 0.313. The number of benzene rings is 2. The third kappa shape index (κ3) is 4.30. The molecular formula is C18H14ClN3O3S. The van der Waals surface area contributed by atoms with Gasteiger partial charge in [-0.2, -0.15) is 4.98 Å². The van der Waals surface area contributed by atoms with Gasteiger partial charge in [0.25, 0.3) is 0 Å². The van der Waals surface area contributed by atoms with Crippen molar-refractivity contribution in [2.45, 2.75) is 23.3 Å². The topological polar surface area (TPSA) is 78.2 Å². The maximum Gasteiger partial charge on any atom is 0.363 e. The van der Waals surface area contributed by atoms with Gasteiger partial charge in [0.15, 0.2) is 5.03 Å². The predicted octanol–water partition coefficient (Wildman–Crippen LogP) is 5.54. The molecule has 26 heavy (non-hydrogen) atoms. The summed E-state index contributed by atoms with van der Waals surface area (Å²) >= 11 is 7.02. The molecule has 0 aliphatic rings. The first kappa shape index (κ1) is 18.2. The highest BCUT2D eigenvalue weighted by atomic mass is 35.5. The van der Waals surface area contributed by atoms with Crippen LogP contribution in [0.2, 0.25) is 5.02 Å². The average molecular weight is 388 g/mol. The number of nitrogens with zero attached hydrogens (tertiary/aromatic N) is 3. The van der Waals surface area contributed by atoms with E-state index in [1.807, 2.05) is 19.1 Å². The Morgan fingerprint density at radius 3 is 2.42 bits per heavy atom. The molecule has 0 N–H and O–H groups in total. The molecule has 132 valence electrons. The molecule has 0 unspecified atom stereocenters. The van der Waals surface area contributed by atoms with Gasteiger partial charge in [0, 0.05) is 9.92 Å². The molecule has 3 rings (SSSR count). The van der Waals surface area contributed by atoms with Crippen LogP contribution in [0, 0.1) is 10.1 Å². The molecule has 0 fully saturated rings. The fourth-order valence-corrected chi connectivity index (χ4v) is 3.15. The smallest absolute Gasteiger partial charge is 0.363 e. The molecule has 0 amide bonds. The summed E-state index contributed by atoms with van der Waals surface area (Å²) < 4.78 is 5.64. The van der Waals surface area contributed by atoms with Crippen LogP contribution in [-0.2, 0) is 6.42 Å². The van der Waals surface area contributed by atoms with Crippen molar-refractivity contribution in [3.05, 3.63) is 75.6 Å². The fourth-order valence-electron chi connectivity index (χ4n) is 2.17. The number of hydrogen-bond acceptors (Lipinski definition) is 6. The van der Waals surface area contributed by atoms with Crippen LogP contribution < -0.4 is 4.74 Å². The van der Waals surface area contributed by atoms with Gasteiger partial charge in [-0.15, -0.1) is 0 Å². The minimum atomic E-state index is -0.534. The largest absolute Gasteiger partial charge is 0.434 e. The first-order valence-corrected chi connectivity index (χ1v) is 8.96. The molecule has 0 saturated heterocycles. The summed E-state index contributed by atoms with van der Waals surface area (Å²) in [6.07, 6.45) is 2.15. The molecular weight excluding hydrogens is 374 g/mol. The molecule has 1 heterocycles. The van der Waals surface area contributed by atoms with Crippen LogP contribution in [0.4, 0.5) is 5.69 Å². The Kier molecular flexibility index (Phi) is 5.70. The van der Waals surface area contributed by atoms with E-state index in [1.165, 1.54) is 6.33 Å². The monoisotopic (exact) mass is 387 g/mol. The molecule has 0 radical (unpaired) electrons. The zero-order valence-electron chi connectivity index (χ0n) is 13.8. The van der Waals surface area contributed by atoms with Gasteiger partial charge in [0.1, 0.15) is 12.1 Å². The van der Waals surface area contributed by atoms with Crippen molar-refractivity contribution < 1.29 is 9.66 Å².